The van der Waals surface area contributed by atoms with E-state index in [1.54, 1.807) is 12.1 Å². The Hall–Kier alpha value is -1.60. The molecule has 0 aliphatic carbocycles. The van der Waals surface area contributed by atoms with Crippen LogP contribution in [0.25, 0.3) is 0 Å². The van der Waals surface area contributed by atoms with Gasteiger partial charge in [-0.15, -0.1) is 0 Å². The van der Waals surface area contributed by atoms with E-state index in [0.29, 0.717) is 6.42 Å². The molecule has 1 aromatic rings. The molecule has 2 N–H and O–H groups in total. The maximum Gasteiger partial charge on any atom is 0.324 e. The maximum atomic E-state index is 11.9. The Morgan fingerprint density at radius 1 is 1.33 bits per heavy atom. The van der Waals surface area contributed by atoms with Gasteiger partial charge in [-0.05, 0) is 30.5 Å². The van der Waals surface area contributed by atoms with Crippen LogP contribution in [0, 0.1) is 0 Å². The van der Waals surface area contributed by atoms with Gasteiger partial charge >= 0.3 is 5.97 Å². The van der Waals surface area contributed by atoms with Gasteiger partial charge in [0.2, 0.25) is 10.0 Å². The van der Waals surface area contributed by atoms with Crippen LogP contribution in [-0.4, -0.2) is 38.4 Å². The highest BCUT2D eigenvalue weighted by Gasteiger charge is 2.25. The number of sulfonamides is 1. The van der Waals surface area contributed by atoms with E-state index in [2.05, 4.69) is 9.46 Å². The van der Waals surface area contributed by atoms with Gasteiger partial charge in [0.05, 0.1) is 12.9 Å². The second-order valence-electron chi connectivity index (χ2n) is 4.74. The monoisotopic (exact) mass is 315 g/mol. The molecule has 0 aliphatic heterocycles. The van der Waals surface area contributed by atoms with E-state index >= 15 is 0 Å². The summed E-state index contributed by atoms with van der Waals surface area (Å²) in [5.74, 6) is -0.549. The fourth-order valence-electron chi connectivity index (χ4n) is 1.79. The topological polar surface area (TPSA) is 92.7 Å². The van der Waals surface area contributed by atoms with Gasteiger partial charge in [0.25, 0.3) is 0 Å². The molecule has 0 fully saturated rings. The minimum Gasteiger partial charge on any atom is -0.508 e. The molecule has 1 rings (SSSR count). The molecule has 0 aliphatic rings. The van der Waals surface area contributed by atoms with Crippen molar-refractivity contribution in [3.63, 3.8) is 0 Å². The fourth-order valence-corrected chi connectivity index (χ4v) is 3.19. The molecule has 0 spiro atoms. The largest absolute Gasteiger partial charge is 0.508 e. The van der Waals surface area contributed by atoms with E-state index in [-0.39, 0.29) is 17.9 Å². The molecular formula is C14H21NO5S. The molecule has 0 saturated heterocycles. The SMILES string of the molecule is CCCCS(=O)(=O)N[C@@H](Cc1ccc(O)cc1)C(=O)OC. The summed E-state index contributed by atoms with van der Waals surface area (Å²) in [6, 6.07) is 5.25. The summed E-state index contributed by atoms with van der Waals surface area (Å²) in [5.41, 5.74) is 0.724. The van der Waals surface area contributed by atoms with Gasteiger partial charge in [-0.1, -0.05) is 25.5 Å². The Balaban J connectivity index is 2.81. The standard InChI is InChI=1S/C14H21NO5S/c1-3-4-9-21(18,19)15-13(14(17)20-2)10-11-5-7-12(16)8-6-11/h5-8,13,15-16H,3-4,9-10H2,1-2H3/t13-/m0/s1. The first-order valence-electron chi connectivity index (χ1n) is 6.73. The predicted octanol–water partition coefficient (Wildman–Crippen LogP) is 1.20. The van der Waals surface area contributed by atoms with Gasteiger partial charge in [0.1, 0.15) is 11.8 Å². The summed E-state index contributed by atoms with van der Waals surface area (Å²) in [5, 5.41) is 9.23. The van der Waals surface area contributed by atoms with Crippen molar-refractivity contribution >= 4 is 16.0 Å². The zero-order chi connectivity index (χ0) is 15.9. The molecule has 118 valence electrons. The molecule has 0 radical (unpaired) electrons. The molecule has 21 heavy (non-hydrogen) atoms. The minimum absolute atomic E-state index is 0.0213. The van der Waals surface area contributed by atoms with Gasteiger partial charge in [0.15, 0.2) is 0 Å². The number of esters is 1. The van der Waals surface area contributed by atoms with Crippen molar-refractivity contribution in [3.8, 4) is 5.75 Å². The minimum atomic E-state index is -3.53. The molecule has 0 unspecified atom stereocenters. The van der Waals surface area contributed by atoms with Crippen LogP contribution >= 0.6 is 0 Å². The number of methoxy groups -OCH3 is 1. The Labute approximate surface area is 125 Å². The van der Waals surface area contributed by atoms with E-state index in [1.807, 2.05) is 6.92 Å². The number of unbranched alkanes of at least 4 members (excludes halogenated alkanes) is 1. The molecular weight excluding hydrogens is 294 g/mol. The van der Waals surface area contributed by atoms with Crippen LogP contribution in [-0.2, 0) is 26.0 Å². The van der Waals surface area contributed by atoms with Gasteiger partial charge in [-0.3, -0.25) is 4.79 Å². The molecule has 0 heterocycles. The van der Waals surface area contributed by atoms with E-state index in [0.717, 1.165) is 12.0 Å². The van der Waals surface area contributed by atoms with E-state index in [9.17, 15) is 18.3 Å². The third-order valence-electron chi connectivity index (χ3n) is 2.95. The second kappa shape index (κ2) is 7.99. The summed E-state index contributed by atoms with van der Waals surface area (Å²) >= 11 is 0. The number of hydrogen-bond acceptors (Lipinski definition) is 5. The van der Waals surface area contributed by atoms with Crippen molar-refractivity contribution in [1.82, 2.24) is 4.72 Å². The average molecular weight is 315 g/mol. The Morgan fingerprint density at radius 2 is 1.95 bits per heavy atom. The Kier molecular flexibility index (Phi) is 6.64. The second-order valence-corrected chi connectivity index (χ2v) is 6.61. The normalized spacial score (nSPS) is 12.9. The molecule has 6 nitrogen and oxygen atoms in total. The van der Waals surface area contributed by atoms with Crippen molar-refractivity contribution in [2.75, 3.05) is 12.9 Å². The first kappa shape index (κ1) is 17.5. The summed E-state index contributed by atoms with van der Waals surface area (Å²) in [4.78, 5) is 11.7. The van der Waals surface area contributed by atoms with Crippen molar-refractivity contribution < 1.29 is 23.1 Å². The highest BCUT2D eigenvalue weighted by molar-refractivity contribution is 7.89. The smallest absolute Gasteiger partial charge is 0.324 e. The summed E-state index contributed by atoms with van der Waals surface area (Å²) < 4.78 is 30.8. The third kappa shape index (κ3) is 6.14. The van der Waals surface area contributed by atoms with Crippen molar-refractivity contribution in [1.29, 1.82) is 0 Å². The average Bonchev–Trinajstić information content (AvgIpc) is 2.45. The van der Waals surface area contributed by atoms with E-state index < -0.39 is 22.0 Å². The molecule has 7 heteroatoms. The van der Waals surface area contributed by atoms with Crippen LogP contribution in [0.15, 0.2) is 24.3 Å². The van der Waals surface area contributed by atoms with Gasteiger partial charge in [-0.2, -0.15) is 0 Å². The number of ether oxygens (including phenoxy) is 1. The van der Waals surface area contributed by atoms with Crippen LogP contribution in [0.5, 0.6) is 5.75 Å². The van der Waals surface area contributed by atoms with Crippen molar-refractivity contribution in [2.24, 2.45) is 0 Å². The molecule has 0 saturated carbocycles. The number of carbonyl (C=O) groups is 1. The summed E-state index contributed by atoms with van der Waals surface area (Å²) in [6.45, 7) is 1.89. The molecule has 0 bridgehead atoms. The lowest BCUT2D eigenvalue weighted by molar-refractivity contribution is -0.142. The van der Waals surface area contributed by atoms with Gasteiger partial charge < -0.3 is 9.84 Å². The Bertz CT molecular complexity index is 553. The van der Waals surface area contributed by atoms with Gasteiger partial charge in [-0.25, -0.2) is 13.1 Å². The number of aromatic hydroxyl groups is 1. The van der Waals surface area contributed by atoms with E-state index in [4.69, 9.17) is 0 Å². The molecule has 0 amide bonds. The lowest BCUT2D eigenvalue weighted by Gasteiger charge is -2.16. The highest BCUT2D eigenvalue weighted by atomic mass is 32.2. The third-order valence-corrected chi connectivity index (χ3v) is 4.42. The first-order valence-corrected chi connectivity index (χ1v) is 8.39. The first-order chi connectivity index (χ1) is 9.88. The Morgan fingerprint density at radius 3 is 2.48 bits per heavy atom. The number of benzene rings is 1. The predicted molar refractivity (Wildman–Crippen MR) is 79.4 cm³/mol. The summed E-state index contributed by atoms with van der Waals surface area (Å²) in [6.07, 6.45) is 1.45. The number of hydrogen-bond donors (Lipinski definition) is 2. The number of nitrogens with one attached hydrogen (secondary N) is 1. The number of phenolic OH excluding ortho intramolecular Hbond substituents is 1. The molecule has 0 aromatic heterocycles. The summed E-state index contributed by atoms with van der Waals surface area (Å²) in [7, 11) is -2.31. The van der Waals surface area contributed by atoms with Crippen LogP contribution < -0.4 is 4.72 Å². The van der Waals surface area contributed by atoms with Gasteiger partial charge in [0, 0.05) is 0 Å². The lowest BCUT2D eigenvalue weighted by Crippen LogP contribution is -2.43. The quantitative estimate of drug-likeness (QED) is 0.703. The fraction of sp³-hybridized carbons (Fsp3) is 0.500. The zero-order valence-corrected chi connectivity index (χ0v) is 13.0. The van der Waals surface area contributed by atoms with Crippen LogP contribution in [0.2, 0.25) is 0 Å². The van der Waals surface area contributed by atoms with Crippen molar-refractivity contribution in [3.05, 3.63) is 29.8 Å². The number of carbonyl (C=O) groups excluding carboxylic acids is 1. The maximum absolute atomic E-state index is 11.9. The number of phenols is 1. The zero-order valence-electron chi connectivity index (χ0n) is 12.2. The highest BCUT2D eigenvalue weighted by Crippen LogP contribution is 2.12. The molecule has 1 atom stereocenters. The van der Waals surface area contributed by atoms with Crippen LogP contribution in [0.4, 0.5) is 0 Å². The van der Waals surface area contributed by atoms with Crippen molar-refractivity contribution in [2.45, 2.75) is 32.2 Å². The van der Waals surface area contributed by atoms with Crippen LogP contribution in [0.3, 0.4) is 0 Å². The number of rotatable bonds is 8. The van der Waals surface area contributed by atoms with E-state index in [1.165, 1.54) is 19.2 Å². The lowest BCUT2D eigenvalue weighted by atomic mass is 10.1. The molecule has 1 aromatic carbocycles. The van der Waals surface area contributed by atoms with Crippen LogP contribution in [0.1, 0.15) is 25.3 Å².